The first-order valence-corrected chi connectivity index (χ1v) is 4.15. The van der Waals surface area contributed by atoms with Gasteiger partial charge in [-0.2, -0.15) is 0 Å². The maximum Gasteiger partial charge on any atom is 0.260 e. The van der Waals surface area contributed by atoms with Crippen LogP contribution in [-0.4, -0.2) is 24.9 Å². The molecule has 2 rings (SSSR count). The van der Waals surface area contributed by atoms with Gasteiger partial charge in [-0.15, -0.1) is 4.79 Å². The molecule has 2 aromatic heterocycles. The number of nitrogens with one attached hydrogen (secondary N) is 1. The minimum atomic E-state index is 0.249. The van der Waals surface area contributed by atoms with E-state index in [1.165, 1.54) is 4.79 Å². The number of nitrogen functional groups attached to an aromatic ring is 1. The molecule has 0 unspecified atom stereocenters. The molecule has 0 amide bonds. The summed E-state index contributed by atoms with van der Waals surface area (Å²) in [4.78, 5) is 1.34. The smallest absolute Gasteiger partial charge is 0.260 e. The highest BCUT2D eigenvalue weighted by molar-refractivity contribution is 5.13. The van der Waals surface area contributed by atoms with Crippen LogP contribution < -0.4 is 11.2 Å². The molecule has 0 saturated heterocycles. The fraction of sp³-hybridized carbons (Fsp3) is 0.286. The van der Waals surface area contributed by atoms with Crippen LogP contribution in [0.5, 0.6) is 0 Å². The second kappa shape index (κ2) is 3.36. The summed E-state index contributed by atoms with van der Waals surface area (Å²) in [5, 5.41) is 10.6. The number of hydrogen-bond donors (Lipinski definition) is 2. The van der Waals surface area contributed by atoms with E-state index in [0.29, 0.717) is 6.54 Å². The molecule has 0 spiro atoms. The van der Waals surface area contributed by atoms with Crippen LogP contribution in [-0.2, 0) is 13.6 Å². The monoisotopic (exact) mass is 193 g/mol. The summed E-state index contributed by atoms with van der Waals surface area (Å²) >= 11 is 0. The van der Waals surface area contributed by atoms with Crippen LogP contribution in [0.15, 0.2) is 18.3 Å². The fourth-order valence-electron chi connectivity index (χ4n) is 1.14. The molecule has 2 heterocycles. The van der Waals surface area contributed by atoms with Crippen molar-refractivity contribution in [3.05, 3.63) is 24.0 Å². The molecule has 74 valence electrons. The predicted molar refractivity (Wildman–Crippen MR) is 50.7 cm³/mol. The molecule has 0 atom stereocenters. The average Bonchev–Trinajstić information content (AvgIpc) is 2.72. The van der Waals surface area contributed by atoms with Crippen LogP contribution in [0.25, 0.3) is 0 Å². The molecule has 0 radical (unpaired) electrons. The molecular formula is C7H11N7. The lowest BCUT2D eigenvalue weighted by atomic mass is 10.4. The quantitative estimate of drug-likeness (QED) is 0.675. The Kier molecular flexibility index (Phi) is 2.05. The normalized spacial score (nSPS) is 10.4. The van der Waals surface area contributed by atoms with Crippen LogP contribution in [0.2, 0.25) is 0 Å². The highest BCUT2D eigenvalue weighted by Crippen LogP contribution is 1.99. The van der Waals surface area contributed by atoms with E-state index in [1.54, 1.807) is 0 Å². The Morgan fingerprint density at radius 2 is 2.43 bits per heavy atom. The van der Waals surface area contributed by atoms with E-state index >= 15 is 0 Å². The molecule has 7 nitrogen and oxygen atoms in total. The van der Waals surface area contributed by atoms with Crippen molar-refractivity contribution in [1.82, 2.24) is 24.9 Å². The number of aryl methyl sites for hydroxylation is 1. The third kappa shape index (κ3) is 1.51. The summed E-state index contributed by atoms with van der Waals surface area (Å²) in [6.45, 7) is 0.624. The van der Waals surface area contributed by atoms with Crippen molar-refractivity contribution in [2.75, 3.05) is 11.2 Å². The van der Waals surface area contributed by atoms with Gasteiger partial charge >= 0.3 is 0 Å². The first-order valence-electron chi connectivity index (χ1n) is 4.15. The molecule has 0 fully saturated rings. The molecule has 0 aromatic carbocycles. The molecule has 0 aliphatic heterocycles. The number of nitrogens with zero attached hydrogens (tertiary/aromatic N) is 5. The van der Waals surface area contributed by atoms with Crippen molar-refractivity contribution in [3.63, 3.8) is 0 Å². The standard InChI is InChI=1S/C7H11N7/c1-13-4-2-3-6(13)5-9-14-7(8)10-11-12-14/h2-4,9H,5H2,1H3,(H2,8,10,12). The van der Waals surface area contributed by atoms with Gasteiger partial charge < -0.3 is 10.3 Å². The number of rotatable bonds is 3. The van der Waals surface area contributed by atoms with Crippen molar-refractivity contribution in [2.45, 2.75) is 6.54 Å². The molecule has 0 saturated carbocycles. The Balaban J connectivity index is 2.02. The average molecular weight is 193 g/mol. The maximum atomic E-state index is 5.48. The number of aromatic nitrogens is 5. The van der Waals surface area contributed by atoms with Gasteiger partial charge in [0.2, 0.25) is 0 Å². The second-order valence-electron chi connectivity index (χ2n) is 2.89. The minimum absolute atomic E-state index is 0.249. The summed E-state index contributed by atoms with van der Waals surface area (Å²) in [5.41, 5.74) is 9.57. The lowest BCUT2D eigenvalue weighted by Gasteiger charge is -2.06. The van der Waals surface area contributed by atoms with Crippen molar-refractivity contribution in [2.24, 2.45) is 7.05 Å². The molecule has 2 aromatic rings. The van der Waals surface area contributed by atoms with Crippen molar-refractivity contribution in [3.8, 4) is 0 Å². The number of nitrogens with two attached hydrogens (primary N) is 1. The second-order valence-corrected chi connectivity index (χ2v) is 2.89. The number of tetrazole rings is 1. The summed E-state index contributed by atoms with van der Waals surface area (Å²) in [5.74, 6) is 0.249. The Morgan fingerprint density at radius 1 is 1.57 bits per heavy atom. The largest absolute Gasteiger partial charge is 0.365 e. The van der Waals surface area contributed by atoms with Crippen LogP contribution in [0.4, 0.5) is 5.95 Å². The summed E-state index contributed by atoms with van der Waals surface area (Å²) in [6, 6.07) is 3.98. The zero-order chi connectivity index (χ0) is 9.97. The Bertz CT molecular complexity index is 375. The van der Waals surface area contributed by atoms with Gasteiger partial charge in [0.1, 0.15) is 0 Å². The highest BCUT2D eigenvalue weighted by atomic mass is 15.7. The van der Waals surface area contributed by atoms with E-state index in [2.05, 4.69) is 21.0 Å². The van der Waals surface area contributed by atoms with Gasteiger partial charge in [0.15, 0.2) is 0 Å². The predicted octanol–water partition coefficient (Wildman–Crippen LogP) is -0.663. The summed E-state index contributed by atoms with van der Waals surface area (Å²) in [6.07, 6.45) is 1.97. The van der Waals surface area contributed by atoms with Gasteiger partial charge in [-0.25, -0.2) is 0 Å². The molecule has 0 bridgehead atoms. The zero-order valence-electron chi connectivity index (χ0n) is 7.75. The van der Waals surface area contributed by atoms with Gasteiger partial charge in [0.25, 0.3) is 5.95 Å². The van der Waals surface area contributed by atoms with Crippen LogP contribution in [0, 0.1) is 0 Å². The molecule has 0 aliphatic carbocycles. The zero-order valence-corrected chi connectivity index (χ0v) is 7.75. The van der Waals surface area contributed by atoms with Crippen LogP contribution >= 0.6 is 0 Å². The number of anilines is 1. The third-order valence-electron chi connectivity index (χ3n) is 1.95. The molecule has 0 aliphatic rings. The van der Waals surface area contributed by atoms with Crippen molar-refractivity contribution >= 4 is 5.95 Å². The van der Waals surface area contributed by atoms with Gasteiger partial charge in [-0.3, -0.25) is 5.43 Å². The van der Waals surface area contributed by atoms with Gasteiger partial charge in [0.05, 0.1) is 6.54 Å². The van der Waals surface area contributed by atoms with Gasteiger partial charge in [0, 0.05) is 18.9 Å². The molecule has 7 heteroatoms. The van der Waals surface area contributed by atoms with E-state index in [-0.39, 0.29) is 5.95 Å². The lowest BCUT2D eigenvalue weighted by molar-refractivity contribution is 0.677. The fourth-order valence-corrected chi connectivity index (χ4v) is 1.14. The minimum Gasteiger partial charge on any atom is -0.365 e. The van der Waals surface area contributed by atoms with E-state index in [1.807, 2.05) is 29.9 Å². The van der Waals surface area contributed by atoms with Crippen molar-refractivity contribution in [1.29, 1.82) is 0 Å². The topological polar surface area (TPSA) is 86.6 Å². The van der Waals surface area contributed by atoms with Crippen molar-refractivity contribution < 1.29 is 0 Å². The van der Waals surface area contributed by atoms with E-state index in [0.717, 1.165) is 5.69 Å². The van der Waals surface area contributed by atoms with Gasteiger partial charge in [-0.05, 0) is 22.6 Å². The molecule has 14 heavy (non-hydrogen) atoms. The summed E-state index contributed by atoms with van der Waals surface area (Å²) in [7, 11) is 1.97. The van der Waals surface area contributed by atoms with Crippen LogP contribution in [0.3, 0.4) is 0 Å². The lowest BCUT2D eigenvalue weighted by Crippen LogP contribution is -2.19. The number of hydrogen-bond acceptors (Lipinski definition) is 5. The third-order valence-corrected chi connectivity index (χ3v) is 1.95. The van der Waals surface area contributed by atoms with E-state index in [9.17, 15) is 0 Å². The molecular weight excluding hydrogens is 182 g/mol. The highest BCUT2D eigenvalue weighted by Gasteiger charge is 2.00. The first-order chi connectivity index (χ1) is 6.77. The maximum absolute atomic E-state index is 5.48. The Morgan fingerprint density at radius 3 is 3.00 bits per heavy atom. The first kappa shape index (κ1) is 8.54. The van der Waals surface area contributed by atoms with E-state index in [4.69, 9.17) is 5.73 Å². The van der Waals surface area contributed by atoms with Gasteiger partial charge in [-0.1, -0.05) is 5.10 Å². The van der Waals surface area contributed by atoms with Crippen LogP contribution in [0.1, 0.15) is 5.69 Å². The summed E-state index contributed by atoms with van der Waals surface area (Å²) < 4.78 is 2.01. The van der Waals surface area contributed by atoms with E-state index < -0.39 is 0 Å². The Hall–Kier alpha value is -2.05. The molecule has 3 N–H and O–H groups in total. The Labute approximate surface area is 80.5 Å². The SMILES string of the molecule is Cn1cccc1CNn1nnnc1N.